The van der Waals surface area contributed by atoms with Crippen LogP contribution >= 0.6 is 0 Å². The number of H-pyrrole nitrogens is 1. The third-order valence-corrected chi connectivity index (χ3v) is 4.76. The fourth-order valence-electron chi connectivity index (χ4n) is 3.30. The summed E-state index contributed by atoms with van der Waals surface area (Å²) in [5.74, 6) is 0. The van der Waals surface area contributed by atoms with Crippen molar-refractivity contribution >= 4 is 0 Å². The molecular formula is C19H28N3+3. The molecule has 1 fully saturated rings. The van der Waals surface area contributed by atoms with Gasteiger partial charge in [-0.1, -0.05) is 31.2 Å². The van der Waals surface area contributed by atoms with Gasteiger partial charge in [0.25, 0.3) is 0 Å². The highest BCUT2D eigenvalue weighted by molar-refractivity contribution is 5.21. The predicted molar refractivity (Wildman–Crippen MR) is 87.6 cm³/mol. The summed E-state index contributed by atoms with van der Waals surface area (Å²) in [6.07, 6.45) is 3.15. The maximum Gasteiger partial charge on any atom is 0.234 e. The molecule has 0 amide bonds. The maximum absolute atomic E-state index is 3.35. The van der Waals surface area contributed by atoms with Crippen LogP contribution in [-0.4, -0.2) is 26.2 Å². The molecule has 0 bridgehead atoms. The van der Waals surface area contributed by atoms with Gasteiger partial charge in [0, 0.05) is 17.7 Å². The van der Waals surface area contributed by atoms with Crippen molar-refractivity contribution in [2.24, 2.45) is 0 Å². The minimum atomic E-state index is 1.12. The number of quaternary nitrogens is 2. The number of pyridine rings is 1. The minimum absolute atomic E-state index is 1.12. The fourth-order valence-corrected chi connectivity index (χ4v) is 3.30. The van der Waals surface area contributed by atoms with E-state index in [-0.39, 0.29) is 0 Å². The fraction of sp³-hybridized carbons (Fsp3) is 0.421. The van der Waals surface area contributed by atoms with Gasteiger partial charge in [-0.15, -0.1) is 0 Å². The van der Waals surface area contributed by atoms with Crippen LogP contribution in [0.15, 0.2) is 48.7 Å². The van der Waals surface area contributed by atoms with Crippen LogP contribution in [-0.2, 0) is 19.5 Å². The van der Waals surface area contributed by atoms with Crippen LogP contribution in [0.4, 0.5) is 0 Å². The molecule has 116 valence electrons. The smallest absolute Gasteiger partial charge is 0.234 e. The SMILES string of the molecule is CCc1ccc(C[NH+]2CC[NH+](Cc3cccc[nH+]3)CC2)cc1. The van der Waals surface area contributed by atoms with Gasteiger partial charge in [-0.25, -0.2) is 4.98 Å². The minimum Gasteiger partial charge on any atom is -0.322 e. The number of rotatable bonds is 5. The number of hydrogen-bond acceptors (Lipinski definition) is 0. The van der Waals surface area contributed by atoms with Gasteiger partial charge in [0.05, 0.1) is 0 Å². The largest absolute Gasteiger partial charge is 0.322 e. The Morgan fingerprint density at radius 3 is 2.05 bits per heavy atom. The number of aromatic nitrogens is 1. The highest BCUT2D eigenvalue weighted by Gasteiger charge is 2.24. The lowest BCUT2D eigenvalue weighted by atomic mass is 10.1. The van der Waals surface area contributed by atoms with E-state index in [1.54, 1.807) is 9.80 Å². The third-order valence-electron chi connectivity index (χ3n) is 4.76. The van der Waals surface area contributed by atoms with Gasteiger partial charge >= 0.3 is 0 Å². The van der Waals surface area contributed by atoms with Crippen molar-refractivity contribution in [1.29, 1.82) is 0 Å². The highest BCUT2D eigenvalue weighted by Crippen LogP contribution is 2.03. The van der Waals surface area contributed by atoms with Gasteiger partial charge in [0.15, 0.2) is 12.7 Å². The molecule has 1 aliphatic rings. The molecule has 1 aliphatic heterocycles. The molecule has 1 aromatic heterocycles. The molecule has 3 nitrogen and oxygen atoms in total. The molecule has 0 spiro atoms. The van der Waals surface area contributed by atoms with E-state index in [0.29, 0.717) is 0 Å². The standard InChI is InChI=1S/C19H25N3/c1-2-17-6-8-18(9-7-17)15-21-11-13-22(14-12-21)16-19-5-3-4-10-20-19/h3-10H,2,11-16H2,1H3/p+3. The van der Waals surface area contributed by atoms with E-state index in [0.717, 1.165) is 13.0 Å². The Kier molecular flexibility index (Phi) is 5.20. The van der Waals surface area contributed by atoms with E-state index in [1.807, 2.05) is 12.3 Å². The summed E-state index contributed by atoms with van der Waals surface area (Å²) in [5, 5.41) is 0. The summed E-state index contributed by atoms with van der Waals surface area (Å²) in [4.78, 5) is 6.78. The van der Waals surface area contributed by atoms with Crippen molar-refractivity contribution in [2.75, 3.05) is 26.2 Å². The average molecular weight is 298 g/mol. The van der Waals surface area contributed by atoms with Crippen molar-refractivity contribution < 1.29 is 14.8 Å². The Morgan fingerprint density at radius 1 is 0.818 bits per heavy atom. The monoisotopic (exact) mass is 298 g/mol. The molecular weight excluding hydrogens is 270 g/mol. The van der Waals surface area contributed by atoms with Crippen LogP contribution in [0.5, 0.6) is 0 Å². The van der Waals surface area contributed by atoms with Crippen molar-refractivity contribution in [3.8, 4) is 0 Å². The lowest BCUT2D eigenvalue weighted by Crippen LogP contribution is -3.27. The van der Waals surface area contributed by atoms with Crippen molar-refractivity contribution in [1.82, 2.24) is 0 Å². The van der Waals surface area contributed by atoms with Gasteiger partial charge in [-0.3, -0.25) is 0 Å². The molecule has 1 aromatic carbocycles. The van der Waals surface area contributed by atoms with E-state index >= 15 is 0 Å². The predicted octanol–water partition coefficient (Wildman–Crippen LogP) is -0.453. The highest BCUT2D eigenvalue weighted by atomic mass is 15.3. The van der Waals surface area contributed by atoms with E-state index in [4.69, 9.17) is 0 Å². The first-order chi connectivity index (χ1) is 10.8. The van der Waals surface area contributed by atoms with Gasteiger partial charge < -0.3 is 9.80 Å². The lowest BCUT2D eigenvalue weighted by molar-refractivity contribution is -1.03. The topological polar surface area (TPSA) is 23.0 Å². The first kappa shape index (κ1) is 15.2. The summed E-state index contributed by atoms with van der Waals surface area (Å²) in [6.45, 7) is 9.60. The zero-order chi connectivity index (χ0) is 15.2. The normalized spacial score (nSPS) is 21.7. The molecule has 3 N–H and O–H groups in total. The van der Waals surface area contributed by atoms with Crippen molar-refractivity contribution in [2.45, 2.75) is 26.4 Å². The number of nitrogens with one attached hydrogen (secondary N) is 3. The Labute approximate surface area is 133 Å². The molecule has 1 saturated heterocycles. The summed E-state index contributed by atoms with van der Waals surface area (Å²) in [7, 11) is 0. The van der Waals surface area contributed by atoms with E-state index in [2.05, 4.69) is 48.3 Å². The summed E-state index contributed by atoms with van der Waals surface area (Å²) in [5.41, 5.74) is 4.26. The van der Waals surface area contributed by atoms with Crippen LogP contribution < -0.4 is 14.8 Å². The quantitative estimate of drug-likeness (QED) is 0.747. The third kappa shape index (κ3) is 4.15. The molecule has 0 saturated carbocycles. The zero-order valence-electron chi connectivity index (χ0n) is 13.6. The first-order valence-electron chi connectivity index (χ1n) is 8.54. The molecule has 22 heavy (non-hydrogen) atoms. The van der Waals surface area contributed by atoms with Crippen molar-refractivity contribution in [3.05, 3.63) is 65.5 Å². The molecule has 0 aliphatic carbocycles. The van der Waals surface area contributed by atoms with Crippen LogP contribution in [0.25, 0.3) is 0 Å². The number of hydrogen-bond donors (Lipinski definition) is 2. The van der Waals surface area contributed by atoms with Gasteiger partial charge in [-0.05, 0) is 18.1 Å². The number of piperazine rings is 1. The van der Waals surface area contributed by atoms with Gasteiger partial charge in [0.2, 0.25) is 5.69 Å². The first-order valence-corrected chi connectivity index (χ1v) is 8.54. The second kappa shape index (κ2) is 7.52. The lowest BCUT2D eigenvalue weighted by Gasteiger charge is -2.29. The molecule has 3 rings (SSSR count). The molecule has 2 heterocycles. The second-order valence-electron chi connectivity index (χ2n) is 6.41. The molecule has 2 aromatic rings. The molecule has 3 heteroatoms. The molecule has 0 atom stereocenters. The number of aromatic amines is 1. The van der Waals surface area contributed by atoms with E-state index in [1.165, 1.54) is 49.5 Å². The average Bonchev–Trinajstić information content (AvgIpc) is 2.58. The van der Waals surface area contributed by atoms with E-state index < -0.39 is 0 Å². The summed E-state index contributed by atoms with van der Waals surface area (Å²) < 4.78 is 0. The van der Waals surface area contributed by atoms with Crippen LogP contribution in [0.1, 0.15) is 23.7 Å². The summed E-state index contributed by atoms with van der Waals surface area (Å²) >= 11 is 0. The number of benzene rings is 1. The summed E-state index contributed by atoms with van der Waals surface area (Å²) in [6, 6.07) is 15.5. The van der Waals surface area contributed by atoms with Crippen LogP contribution in [0.2, 0.25) is 0 Å². The molecule has 0 radical (unpaired) electrons. The second-order valence-corrected chi connectivity index (χ2v) is 6.41. The number of aryl methyl sites for hydroxylation is 1. The Hall–Kier alpha value is -1.71. The van der Waals surface area contributed by atoms with Crippen LogP contribution in [0, 0.1) is 0 Å². The van der Waals surface area contributed by atoms with Gasteiger partial charge in [-0.2, -0.15) is 0 Å². The van der Waals surface area contributed by atoms with Gasteiger partial charge in [0.1, 0.15) is 32.7 Å². The Bertz CT molecular complexity index is 557. The zero-order valence-corrected chi connectivity index (χ0v) is 13.6. The molecule has 0 unspecified atom stereocenters. The Balaban J connectivity index is 1.47. The Morgan fingerprint density at radius 2 is 1.45 bits per heavy atom. The van der Waals surface area contributed by atoms with Crippen molar-refractivity contribution in [3.63, 3.8) is 0 Å². The van der Waals surface area contributed by atoms with Crippen LogP contribution in [0.3, 0.4) is 0 Å². The van der Waals surface area contributed by atoms with E-state index in [9.17, 15) is 0 Å². The maximum atomic E-state index is 3.35.